The number of likely N-dealkylation sites (tertiary alicyclic amines) is 1. The highest BCUT2D eigenvalue weighted by Crippen LogP contribution is 2.43. The van der Waals surface area contributed by atoms with Gasteiger partial charge >= 0.3 is 0 Å². The molecule has 3 rings (SSSR count). The van der Waals surface area contributed by atoms with Gasteiger partial charge in [0.1, 0.15) is 5.75 Å². The van der Waals surface area contributed by atoms with E-state index in [1.165, 1.54) is 7.11 Å². The average Bonchev–Trinajstić information content (AvgIpc) is 2.85. The number of hydrogen-bond donors (Lipinski definition) is 1. The number of rotatable bonds is 3. The maximum Gasteiger partial charge on any atom is 0.266 e. The Morgan fingerprint density at radius 1 is 1.38 bits per heavy atom. The first-order valence-electron chi connectivity index (χ1n) is 7.90. The lowest BCUT2D eigenvalue weighted by atomic mass is 9.77. The van der Waals surface area contributed by atoms with Crippen LogP contribution in [0.5, 0.6) is 5.75 Å². The van der Waals surface area contributed by atoms with Crippen LogP contribution in [0, 0.1) is 5.41 Å². The van der Waals surface area contributed by atoms with Gasteiger partial charge in [0.25, 0.3) is 5.92 Å². The van der Waals surface area contributed by atoms with Crippen LogP contribution in [0.15, 0.2) is 24.3 Å². The van der Waals surface area contributed by atoms with Gasteiger partial charge in [-0.05, 0) is 24.1 Å². The first-order chi connectivity index (χ1) is 11.3. The molecule has 24 heavy (non-hydrogen) atoms. The first-order valence-corrected chi connectivity index (χ1v) is 7.90. The van der Waals surface area contributed by atoms with Crippen molar-refractivity contribution in [3.8, 4) is 5.75 Å². The number of carbonyl (C=O) groups excluding carboxylic acids is 2. The van der Waals surface area contributed by atoms with Crippen molar-refractivity contribution >= 4 is 11.8 Å². The molecule has 0 bridgehead atoms. The molecule has 1 aromatic rings. The van der Waals surface area contributed by atoms with Gasteiger partial charge < -0.3 is 15.0 Å². The molecule has 2 amide bonds. The van der Waals surface area contributed by atoms with E-state index in [9.17, 15) is 18.4 Å². The van der Waals surface area contributed by atoms with Crippen molar-refractivity contribution < 1.29 is 23.1 Å². The largest absolute Gasteiger partial charge is 0.497 e. The summed E-state index contributed by atoms with van der Waals surface area (Å²) in [6.07, 6.45) is -0.149. The molecule has 2 fully saturated rings. The molecule has 0 saturated carbocycles. The number of carbonyl (C=O) groups is 2. The minimum Gasteiger partial charge on any atom is -0.497 e. The zero-order valence-electron chi connectivity index (χ0n) is 13.5. The Morgan fingerprint density at radius 2 is 2.17 bits per heavy atom. The predicted molar refractivity (Wildman–Crippen MR) is 82.9 cm³/mol. The van der Waals surface area contributed by atoms with Gasteiger partial charge in [-0.15, -0.1) is 0 Å². The van der Waals surface area contributed by atoms with Gasteiger partial charge in [0.15, 0.2) is 0 Å². The zero-order valence-corrected chi connectivity index (χ0v) is 13.5. The summed E-state index contributed by atoms with van der Waals surface area (Å²) in [6.45, 7) is -0.200. The Morgan fingerprint density at radius 3 is 2.83 bits per heavy atom. The van der Waals surface area contributed by atoms with Crippen LogP contribution in [-0.2, 0) is 16.0 Å². The molecule has 1 N–H and O–H groups in total. The lowest BCUT2D eigenvalue weighted by Gasteiger charge is -2.42. The molecule has 1 spiro atoms. The summed E-state index contributed by atoms with van der Waals surface area (Å²) in [5, 5.41) is 2.62. The Labute approximate surface area is 139 Å². The van der Waals surface area contributed by atoms with E-state index in [0.29, 0.717) is 24.3 Å². The molecular weight excluding hydrogens is 318 g/mol. The van der Waals surface area contributed by atoms with E-state index in [1.54, 1.807) is 24.3 Å². The quantitative estimate of drug-likeness (QED) is 0.911. The fraction of sp³-hybridized carbons (Fsp3) is 0.529. The van der Waals surface area contributed by atoms with E-state index in [-0.39, 0.29) is 18.9 Å². The summed E-state index contributed by atoms with van der Waals surface area (Å²) >= 11 is 0. The number of nitrogens with one attached hydrogen (secondary N) is 1. The third-order valence-corrected chi connectivity index (χ3v) is 4.73. The van der Waals surface area contributed by atoms with Gasteiger partial charge in [0, 0.05) is 19.5 Å². The van der Waals surface area contributed by atoms with Crippen LogP contribution in [0.25, 0.3) is 0 Å². The minimum atomic E-state index is -3.05. The molecule has 1 atom stereocenters. The van der Waals surface area contributed by atoms with E-state index in [1.807, 2.05) is 0 Å². The van der Waals surface area contributed by atoms with E-state index in [2.05, 4.69) is 5.32 Å². The average molecular weight is 338 g/mol. The van der Waals surface area contributed by atoms with Gasteiger partial charge in [0.05, 0.1) is 25.5 Å². The topological polar surface area (TPSA) is 58.6 Å². The molecule has 0 aliphatic carbocycles. The lowest BCUT2D eigenvalue weighted by Crippen LogP contribution is -2.57. The van der Waals surface area contributed by atoms with Crippen LogP contribution in [0.1, 0.15) is 18.4 Å². The molecule has 130 valence electrons. The number of amides is 2. The summed E-state index contributed by atoms with van der Waals surface area (Å²) < 4.78 is 33.4. The number of benzene rings is 1. The molecule has 2 aliphatic heterocycles. The maximum absolute atomic E-state index is 14.1. The number of methoxy groups -OCH3 is 1. The third kappa shape index (κ3) is 3.20. The lowest BCUT2D eigenvalue weighted by molar-refractivity contribution is -0.159. The number of nitrogens with zero attached hydrogens (tertiary/aromatic N) is 1. The molecule has 7 heteroatoms. The predicted octanol–water partition coefficient (Wildman–Crippen LogP) is 1.61. The van der Waals surface area contributed by atoms with Crippen LogP contribution in [0.3, 0.4) is 0 Å². The molecular formula is C17H20F2N2O3. The Bertz CT molecular complexity index is 665. The zero-order chi connectivity index (χ0) is 17.4. The van der Waals surface area contributed by atoms with Gasteiger partial charge in [-0.2, -0.15) is 0 Å². The van der Waals surface area contributed by atoms with Crippen LogP contribution in [0.2, 0.25) is 0 Å². The van der Waals surface area contributed by atoms with E-state index in [0.717, 1.165) is 4.90 Å². The van der Waals surface area contributed by atoms with Crippen LogP contribution in [-0.4, -0.2) is 49.4 Å². The number of hydrogen-bond acceptors (Lipinski definition) is 3. The highest BCUT2D eigenvalue weighted by atomic mass is 19.3. The van der Waals surface area contributed by atoms with Crippen molar-refractivity contribution in [1.82, 2.24) is 10.2 Å². The summed E-state index contributed by atoms with van der Waals surface area (Å²) in [4.78, 5) is 25.7. The summed E-state index contributed by atoms with van der Waals surface area (Å²) in [5.74, 6) is -3.22. The van der Waals surface area contributed by atoms with Crippen molar-refractivity contribution in [2.45, 2.75) is 25.2 Å². The van der Waals surface area contributed by atoms with E-state index < -0.39 is 30.2 Å². The van der Waals surface area contributed by atoms with Crippen LogP contribution < -0.4 is 10.1 Å². The number of halogens is 2. The molecule has 0 unspecified atom stereocenters. The van der Waals surface area contributed by atoms with Gasteiger partial charge in [-0.1, -0.05) is 12.1 Å². The van der Waals surface area contributed by atoms with Crippen molar-refractivity contribution in [3.63, 3.8) is 0 Å². The van der Waals surface area contributed by atoms with Gasteiger partial charge in [0.2, 0.25) is 11.8 Å². The molecule has 0 radical (unpaired) electrons. The van der Waals surface area contributed by atoms with Crippen molar-refractivity contribution in [2.24, 2.45) is 5.41 Å². The van der Waals surface area contributed by atoms with Gasteiger partial charge in [-0.25, -0.2) is 8.78 Å². The molecule has 2 aliphatic rings. The van der Waals surface area contributed by atoms with Crippen molar-refractivity contribution in [1.29, 1.82) is 0 Å². The maximum atomic E-state index is 14.1. The fourth-order valence-corrected chi connectivity index (χ4v) is 3.59. The molecule has 0 aromatic heterocycles. The monoisotopic (exact) mass is 338 g/mol. The Hall–Kier alpha value is -2.18. The smallest absolute Gasteiger partial charge is 0.266 e. The molecule has 2 saturated heterocycles. The Kier molecular flexibility index (Phi) is 4.19. The second-order valence-corrected chi connectivity index (χ2v) is 6.60. The number of ether oxygens (including phenoxy) is 1. The molecule has 5 nitrogen and oxygen atoms in total. The second kappa shape index (κ2) is 6.03. The molecule has 2 heterocycles. The molecule has 1 aromatic carbocycles. The Balaban J connectivity index is 1.77. The summed E-state index contributed by atoms with van der Waals surface area (Å²) in [7, 11) is 1.52. The van der Waals surface area contributed by atoms with Crippen molar-refractivity contribution in [3.05, 3.63) is 29.8 Å². The number of alkyl halides is 2. The van der Waals surface area contributed by atoms with Crippen LogP contribution >= 0.6 is 0 Å². The van der Waals surface area contributed by atoms with Gasteiger partial charge in [-0.3, -0.25) is 9.59 Å². The highest BCUT2D eigenvalue weighted by molar-refractivity contribution is 5.87. The minimum absolute atomic E-state index is 0.00494. The van der Waals surface area contributed by atoms with Crippen molar-refractivity contribution in [2.75, 3.05) is 26.7 Å². The van der Waals surface area contributed by atoms with E-state index >= 15 is 0 Å². The normalized spacial score (nSPS) is 25.6. The first kappa shape index (κ1) is 16.7. The summed E-state index contributed by atoms with van der Waals surface area (Å²) in [6, 6.07) is 6.96. The van der Waals surface area contributed by atoms with E-state index in [4.69, 9.17) is 4.74 Å². The second-order valence-electron chi connectivity index (χ2n) is 6.60. The standard InChI is InChI=1S/C17H20F2N2O3/c1-24-13-4-2-3-12(7-13)8-14(22)21-10-16(5-6-20-15(16)23)9-17(18,19)11-21/h2-4,7H,5-6,8-11H2,1H3,(H,20,23)/t16-/m0/s1. The summed E-state index contributed by atoms with van der Waals surface area (Å²) in [5.41, 5.74) is -0.468. The third-order valence-electron chi connectivity index (χ3n) is 4.73. The highest BCUT2D eigenvalue weighted by Gasteiger charge is 2.55. The SMILES string of the molecule is COc1cccc(CC(=O)N2CC(F)(F)C[C@@]3(CCNC3=O)C2)c1. The fourth-order valence-electron chi connectivity index (χ4n) is 3.59. The number of piperidine rings is 1. The van der Waals surface area contributed by atoms with Crippen LogP contribution in [0.4, 0.5) is 8.78 Å².